The van der Waals surface area contributed by atoms with Crippen molar-refractivity contribution in [2.24, 2.45) is 0 Å². The molecule has 4 nitrogen and oxygen atoms in total. The van der Waals surface area contributed by atoms with Crippen LogP contribution >= 0.6 is 23.3 Å². The molecule has 0 aromatic carbocycles. The monoisotopic (exact) mass is 246 g/mol. The van der Waals surface area contributed by atoms with E-state index in [0.717, 1.165) is 16.6 Å². The molecule has 1 rings (SSSR count). The van der Waals surface area contributed by atoms with Crippen LogP contribution < -0.4 is 0 Å². The highest BCUT2D eigenvalue weighted by Gasteiger charge is 2.05. The molecule has 0 unspecified atom stereocenters. The molecule has 1 aromatic heterocycles. The van der Waals surface area contributed by atoms with E-state index >= 15 is 0 Å². The lowest BCUT2D eigenvalue weighted by molar-refractivity contribution is -0.142. The van der Waals surface area contributed by atoms with Gasteiger partial charge in [0.05, 0.1) is 13.0 Å². The zero-order valence-electron chi connectivity index (χ0n) is 8.86. The van der Waals surface area contributed by atoms with Gasteiger partial charge in [-0.3, -0.25) is 4.79 Å². The highest BCUT2D eigenvalue weighted by Crippen LogP contribution is 2.20. The molecule has 0 radical (unpaired) electrons. The first-order chi connectivity index (χ1) is 7.26. The summed E-state index contributed by atoms with van der Waals surface area (Å²) in [6.45, 7) is 4.28. The van der Waals surface area contributed by atoms with E-state index in [-0.39, 0.29) is 5.97 Å². The molecule has 0 N–H and O–H groups in total. The molecule has 0 fully saturated rings. The molecule has 1 heterocycles. The van der Waals surface area contributed by atoms with Gasteiger partial charge in [0.2, 0.25) is 0 Å². The molecule has 0 aliphatic heterocycles. The number of carbonyl (C=O) groups is 1. The van der Waals surface area contributed by atoms with Crippen molar-refractivity contribution in [3.8, 4) is 0 Å². The van der Waals surface area contributed by atoms with E-state index < -0.39 is 0 Å². The molecule has 15 heavy (non-hydrogen) atoms. The lowest BCUT2D eigenvalue weighted by Crippen LogP contribution is -2.04. The third-order valence-electron chi connectivity index (χ3n) is 1.60. The number of aromatic nitrogens is 2. The van der Waals surface area contributed by atoms with Crippen molar-refractivity contribution in [2.45, 2.75) is 31.0 Å². The van der Waals surface area contributed by atoms with Crippen molar-refractivity contribution in [1.29, 1.82) is 0 Å². The van der Waals surface area contributed by atoms with E-state index in [1.807, 2.05) is 13.8 Å². The van der Waals surface area contributed by atoms with Gasteiger partial charge >= 0.3 is 5.97 Å². The second-order valence-corrected chi connectivity index (χ2v) is 4.83. The normalized spacial score (nSPS) is 10.3. The van der Waals surface area contributed by atoms with Gasteiger partial charge in [-0.15, -0.1) is 0 Å². The molecule has 6 heteroatoms. The summed E-state index contributed by atoms with van der Waals surface area (Å²) in [6, 6.07) is 0. The third kappa shape index (κ3) is 4.61. The molecule has 0 aliphatic carbocycles. The van der Waals surface area contributed by atoms with Gasteiger partial charge < -0.3 is 4.74 Å². The number of nitrogens with zero attached hydrogens (tertiary/aromatic N) is 2. The zero-order valence-corrected chi connectivity index (χ0v) is 10.5. The lowest BCUT2D eigenvalue weighted by Gasteiger charge is -1.99. The summed E-state index contributed by atoms with van der Waals surface area (Å²) < 4.78 is 9.91. The number of thioether (sulfide) groups is 1. The Morgan fingerprint density at radius 3 is 2.93 bits per heavy atom. The van der Waals surface area contributed by atoms with E-state index in [1.54, 1.807) is 11.8 Å². The predicted molar refractivity (Wildman–Crippen MR) is 61.3 cm³/mol. The van der Waals surface area contributed by atoms with Crippen LogP contribution in [0, 0.1) is 0 Å². The Hall–Kier alpha value is -0.620. The van der Waals surface area contributed by atoms with Crippen molar-refractivity contribution >= 4 is 29.3 Å². The highest BCUT2D eigenvalue weighted by atomic mass is 32.2. The third-order valence-corrected chi connectivity index (χ3v) is 3.48. The Balaban J connectivity index is 2.22. The molecule has 0 saturated heterocycles. The van der Waals surface area contributed by atoms with Gasteiger partial charge in [0.1, 0.15) is 5.82 Å². The van der Waals surface area contributed by atoms with E-state index in [4.69, 9.17) is 4.74 Å². The molecule has 84 valence electrons. The van der Waals surface area contributed by atoms with E-state index in [1.165, 1.54) is 11.5 Å². The molecule has 0 atom stereocenters. The van der Waals surface area contributed by atoms with E-state index in [0.29, 0.717) is 18.8 Å². The number of aryl methyl sites for hydroxylation is 1. The number of hydrogen-bond donors (Lipinski definition) is 0. The maximum absolute atomic E-state index is 11.0. The van der Waals surface area contributed by atoms with E-state index in [2.05, 4.69) is 9.36 Å². The molecule has 1 aromatic rings. The maximum atomic E-state index is 11.0. The average molecular weight is 246 g/mol. The minimum absolute atomic E-state index is 0.148. The number of hydrogen-bond acceptors (Lipinski definition) is 6. The summed E-state index contributed by atoms with van der Waals surface area (Å²) in [4.78, 5) is 15.3. The molecule has 0 aliphatic rings. The molecule has 0 saturated carbocycles. The van der Waals surface area contributed by atoms with Gasteiger partial charge in [0.15, 0.2) is 4.34 Å². The maximum Gasteiger partial charge on any atom is 0.306 e. The average Bonchev–Trinajstić information content (AvgIpc) is 2.66. The van der Waals surface area contributed by atoms with Crippen LogP contribution in [-0.4, -0.2) is 27.7 Å². The molecular weight excluding hydrogens is 232 g/mol. The Kier molecular flexibility index (Phi) is 5.63. The van der Waals surface area contributed by atoms with Crippen LogP contribution in [0.3, 0.4) is 0 Å². The zero-order chi connectivity index (χ0) is 11.1. The summed E-state index contributed by atoms with van der Waals surface area (Å²) >= 11 is 2.94. The number of rotatable bonds is 6. The van der Waals surface area contributed by atoms with Gasteiger partial charge in [0.25, 0.3) is 0 Å². The topological polar surface area (TPSA) is 52.1 Å². The van der Waals surface area contributed by atoms with Crippen LogP contribution in [0.1, 0.15) is 26.1 Å². The summed E-state index contributed by atoms with van der Waals surface area (Å²) in [5.41, 5.74) is 0. The fourth-order valence-electron chi connectivity index (χ4n) is 0.895. The quantitative estimate of drug-likeness (QED) is 0.568. The van der Waals surface area contributed by atoms with Gasteiger partial charge in [-0.05, 0) is 18.5 Å². The van der Waals surface area contributed by atoms with Crippen LogP contribution in [0.5, 0.6) is 0 Å². The minimum Gasteiger partial charge on any atom is -0.466 e. The summed E-state index contributed by atoms with van der Waals surface area (Å²) in [7, 11) is 0. The van der Waals surface area contributed by atoms with Gasteiger partial charge in [-0.25, -0.2) is 4.98 Å². The van der Waals surface area contributed by atoms with Gasteiger partial charge in [-0.2, -0.15) is 4.37 Å². The Morgan fingerprint density at radius 2 is 2.33 bits per heavy atom. The molecule has 0 spiro atoms. The first-order valence-electron chi connectivity index (χ1n) is 4.87. The smallest absolute Gasteiger partial charge is 0.306 e. The summed E-state index contributed by atoms with van der Waals surface area (Å²) in [6.07, 6.45) is 1.29. The van der Waals surface area contributed by atoms with Crippen LogP contribution in [0.4, 0.5) is 0 Å². The predicted octanol–water partition coefficient (Wildman–Crippen LogP) is 2.15. The first-order valence-corrected chi connectivity index (χ1v) is 6.63. The van der Waals surface area contributed by atoms with Gasteiger partial charge in [0, 0.05) is 12.2 Å². The second-order valence-electron chi connectivity index (χ2n) is 2.73. The second kappa shape index (κ2) is 6.79. The number of carbonyl (C=O) groups excluding carboxylic acids is 1. The Bertz CT molecular complexity index is 315. The van der Waals surface area contributed by atoms with Crippen LogP contribution in [-0.2, 0) is 16.0 Å². The fourth-order valence-corrected chi connectivity index (χ4v) is 2.58. The van der Waals surface area contributed by atoms with Crippen LogP contribution in [0.25, 0.3) is 0 Å². The summed E-state index contributed by atoms with van der Waals surface area (Å²) in [5, 5.41) is 0. The van der Waals surface area contributed by atoms with Crippen molar-refractivity contribution < 1.29 is 9.53 Å². The molecule has 0 bridgehead atoms. The van der Waals surface area contributed by atoms with Gasteiger partial charge in [-0.1, -0.05) is 18.7 Å². The fraction of sp³-hybridized carbons (Fsp3) is 0.667. The van der Waals surface area contributed by atoms with Crippen molar-refractivity contribution in [3.63, 3.8) is 0 Å². The van der Waals surface area contributed by atoms with Crippen LogP contribution in [0.15, 0.2) is 4.34 Å². The number of ether oxygens (including phenoxy) is 1. The molecular formula is C9H14N2O2S2. The van der Waals surface area contributed by atoms with Crippen molar-refractivity contribution in [2.75, 3.05) is 12.4 Å². The minimum atomic E-state index is -0.148. The summed E-state index contributed by atoms with van der Waals surface area (Å²) in [5.74, 6) is 1.43. The number of esters is 1. The first kappa shape index (κ1) is 12.4. The van der Waals surface area contributed by atoms with Crippen molar-refractivity contribution in [1.82, 2.24) is 9.36 Å². The Labute approximate surface area is 97.6 Å². The lowest BCUT2D eigenvalue weighted by atomic mass is 10.5. The van der Waals surface area contributed by atoms with Crippen LogP contribution in [0.2, 0.25) is 0 Å². The van der Waals surface area contributed by atoms with Crippen molar-refractivity contribution in [3.05, 3.63) is 5.82 Å². The Morgan fingerprint density at radius 1 is 1.53 bits per heavy atom. The van der Waals surface area contributed by atoms with E-state index in [9.17, 15) is 4.79 Å². The largest absolute Gasteiger partial charge is 0.466 e. The molecule has 0 amide bonds. The standard InChI is InChI=1S/C9H14N2O2S2/c1-3-7-10-9(15-11-7)14-6-5-8(12)13-4-2/h3-6H2,1-2H3. The highest BCUT2D eigenvalue weighted by molar-refractivity contribution is 8.00. The SMILES string of the molecule is CCOC(=O)CCSc1nc(CC)ns1.